The maximum atomic E-state index is 12.5. The molecule has 10 heteroatoms. The van der Waals surface area contributed by atoms with Gasteiger partial charge in [0.1, 0.15) is 6.04 Å². The number of hydrogen-bond donors (Lipinski definition) is 1. The Morgan fingerprint density at radius 2 is 2.04 bits per heavy atom. The third-order valence-electron chi connectivity index (χ3n) is 4.55. The minimum Gasteiger partial charge on any atom is -0.375 e. The van der Waals surface area contributed by atoms with Crippen molar-refractivity contribution in [3.8, 4) is 0 Å². The molecule has 1 amide bonds. The highest BCUT2D eigenvalue weighted by atomic mass is 35.5. The molecule has 2 rings (SSSR count). The van der Waals surface area contributed by atoms with Gasteiger partial charge in [0.2, 0.25) is 5.91 Å². The molecule has 2 aliphatic rings. The van der Waals surface area contributed by atoms with E-state index in [1.165, 1.54) is 4.90 Å². The fraction of sp³-hybridized carbons (Fsp3) is 0.933. The molecule has 0 bridgehead atoms. The van der Waals surface area contributed by atoms with E-state index in [1.807, 2.05) is 6.92 Å². The van der Waals surface area contributed by atoms with Gasteiger partial charge in [-0.15, -0.1) is 24.8 Å². The first kappa shape index (κ1) is 24.7. The number of nitrogens with one attached hydrogen (secondary N) is 1. The second-order valence-electron chi connectivity index (χ2n) is 6.39. The first-order valence-corrected chi connectivity index (χ1v) is 8.23. The van der Waals surface area contributed by atoms with Crippen molar-refractivity contribution in [1.82, 2.24) is 15.1 Å². The van der Waals surface area contributed by atoms with E-state index >= 15 is 0 Å². The molecule has 3 atom stereocenters. The van der Waals surface area contributed by atoms with Crippen molar-refractivity contribution < 1.29 is 22.7 Å². The molecule has 1 N–H and O–H groups in total. The third kappa shape index (κ3) is 7.46. The van der Waals surface area contributed by atoms with Crippen molar-refractivity contribution >= 4 is 30.7 Å². The lowest BCUT2D eigenvalue weighted by atomic mass is 10.1. The van der Waals surface area contributed by atoms with Crippen LogP contribution in [0.25, 0.3) is 0 Å². The number of carbonyl (C=O) groups is 1. The van der Waals surface area contributed by atoms with E-state index in [0.29, 0.717) is 39.3 Å². The number of likely N-dealkylation sites (tertiary alicyclic amines) is 1. The molecule has 2 aliphatic heterocycles. The second-order valence-corrected chi connectivity index (χ2v) is 6.39. The summed E-state index contributed by atoms with van der Waals surface area (Å²) in [6.07, 6.45) is -3.60. The summed E-state index contributed by atoms with van der Waals surface area (Å²) < 4.78 is 43.1. The van der Waals surface area contributed by atoms with Gasteiger partial charge in [-0.2, -0.15) is 13.2 Å². The maximum absolute atomic E-state index is 12.5. The Balaban J connectivity index is 0.00000288. The minimum atomic E-state index is -4.18. The second kappa shape index (κ2) is 10.8. The van der Waals surface area contributed by atoms with Crippen molar-refractivity contribution in [3.05, 3.63) is 0 Å². The number of carbonyl (C=O) groups excluding carboxylic acids is 1. The molecule has 0 aromatic carbocycles. The number of rotatable bonds is 5. The molecule has 0 aliphatic carbocycles. The molecule has 2 fully saturated rings. The van der Waals surface area contributed by atoms with E-state index in [4.69, 9.17) is 4.74 Å². The fourth-order valence-corrected chi connectivity index (χ4v) is 3.31. The molecule has 0 aromatic rings. The topological polar surface area (TPSA) is 44.8 Å². The lowest BCUT2D eigenvalue weighted by molar-refractivity contribution is -0.147. The number of hydrogen-bond acceptors (Lipinski definition) is 4. The van der Waals surface area contributed by atoms with Gasteiger partial charge in [0, 0.05) is 26.2 Å². The fourth-order valence-electron chi connectivity index (χ4n) is 3.31. The molecular weight excluding hydrogens is 382 g/mol. The molecule has 0 spiro atoms. The zero-order chi connectivity index (χ0) is 17.0. The van der Waals surface area contributed by atoms with Crippen molar-refractivity contribution in [1.29, 1.82) is 0 Å². The molecule has 0 saturated carbocycles. The lowest BCUT2D eigenvalue weighted by Gasteiger charge is -2.32. The van der Waals surface area contributed by atoms with Crippen LogP contribution >= 0.6 is 24.8 Å². The Bertz CT molecular complexity index is 416. The van der Waals surface area contributed by atoms with Crippen LogP contribution in [0.2, 0.25) is 0 Å². The zero-order valence-electron chi connectivity index (χ0n) is 14.6. The molecule has 1 unspecified atom stereocenters. The van der Waals surface area contributed by atoms with E-state index in [-0.39, 0.29) is 48.8 Å². The smallest absolute Gasteiger partial charge is 0.375 e. The number of nitrogens with zero attached hydrogens (tertiary/aromatic N) is 2. The van der Waals surface area contributed by atoms with Gasteiger partial charge < -0.3 is 15.0 Å². The first-order chi connectivity index (χ1) is 10.8. The average molecular weight is 410 g/mol. The summed E-state index contributed by atoms with van der Waals surface area (Å²) in [7, 11) is 0. The Morgan fingerprint density at radius 1 is 1.36 bits per heavy atom. The number of halogens is 5. The van der Waals surface area contributed by atoms with Crippen molar-refractivity contribution in [2.45, 2.75) is 38.6 Å². The van der Waals surface area contributed by atoms with Gasteiger partial charge >= 0.3 is 6.18 Å². The molecule has 150 valence electrons. The molecule has 25 heavy (non-hydrogen) atoms. The lowest BCUT2D eigenvalue weighted by Crippen LogP contribution is -2.56. The minimum absolute atomic E-state index is 0. The predicted molar refractivity (Wildman–Crippen MR) is 94.6 cm³/mol. The predicted octanol–water partition coefficient (Wildman–Crippen LogP) is 1.94. The largest absolute Gasteiger partial charge is 0.401 e. The third-order valence-corrected chi connectivity index (χ3v) is 4.55. The van der Waals surface area contributed by atoms with Crippen molar-refractivity contribution in [3.63, 3.8) is 0 Å². The highest BCUT2D eigenvalue weighted by molar-refractivity contribution is 5.85. The summed E-state index contributed by atoms with van der Waals surface area (Å²) in [5, 5.41) is 3.17. The van der Waals surface area contributed by atoms with Crippen LogP contribution in [0.1, 0.15) is 20.3 Å². The first-order valence-electron chi connectivity index (χ1n) is 8.23. The van der Waals surface area contributed by atoms with Gasteiger partial charge in [-0.1, -0.05) is 6.92 Å². The Morgan fingerprint density at radius 3 is 2.60 bits per heavy atom. The van der Waals surface area contributed by atoms with Crippen LogP contribution in [0.4, 0.5) is 13.2 Å². The van der Waals surface area contributed by atoms with Crippen LogP contribution in [0.15, 0.2) is 0 Å². The van der Waals surface area contributed by atoms with Crippen LogP contribution in [-0.4, -0.2) is 79.9 Å². The van der Waals surface area contributed by atoms with Gasteiger partial charge in [-0.3, -0.25) is 9.69 Å². The molecule has 2 heterocycles. The summed E-state index contributed by atoms with van der Waals surface area (Å²) in [4.78, 5) is 15.7. The van der Waals surface area contributed by atoms with Gasteiger partial charge in [0.15, 0.2) is 0 Å². The standard InChI is InChI=1S/C15H26F3N3O2.2ClH/c1-3-20(10-15(16,17)18)8-12-4-6-21(9-12)14(22)13-11(2)23-7-5-19-13;;/h11-13,19H,3-10H2,1-2H3;2*1H/t11-,12?,13+;;/m1../s1. The van der Waals surface area contributed by atoms with E-state index in [9.17, 15) is 18.0 Å². The summed E-state index contributed by atoms with van der Waals surface area (Å²) in [6.45, 7) is 5.82. The van der Waals surface area contributed by atoms with Crippen LogP contribution in [-0.2, 0) is 9.53 Å². The average Bonchev–Trinajstić information content (AvgIpc) is 2.93. The van der Waals surface area contributed by atoms with Gasteiger partial charge in [-0.05, 0) is 25.8 Å². The number of ether oxygens (including phenoxy) is 1. The molecule has 5 nitrogen and oxygen atoms in total. The zero-order valence-corrected chi connectivity index (χ0v) is 16.2. The summed E-state index contributed by atoms with van der Waals surface area (Å²) in [5.74, 6) is 0.0969. The number of amides is 1. The van der Waals surface area contributed by atoms with Crippen LogP contribution in [0.3, 0.4) is 0 Å². The van der Waals surface area contributed by atoms with E-state index in [2.05, 4.69) is 5.32 Å². The summed E-state index contributed by atoms with van der Waals surface area (Å²) in [6, 6.07) is -0.347. The molecular formula is C15H28Cl2F3N3O2. The van der Waals surface area contributed by atoms with E-state index in [1.54, 1.807) is 11.8 Å². The summed E-state index contributed by atoms with van der Waals surface area (Å²) in [5.41, 5.74) is 0. The van der Waals surface area contributed by atoms with Gasteiger partial charge in [0.05, 0.1) is 19.3 Å². The molecule has 0 radical (unpaired) electrons. The highest BCUT2D eigenvalue weighted by Gasteiger charge is 2.37. The number of alkyl halides is 3. The van der Waals surface area contributed by atoms with E-state index in [0.717, 1.165) is 6.42 Å². The van der Waals surface area contributed by atoms with Crippen LogP contribution in [0, 0.1) is 5.92 Å². The van der Waals surface area contributed by atoms with Crippen molar-refractivity contribution in [2.75, 3.05) is 45.9 Å². The van der Waals surface area contributed by atoms with Crippen LogP contribution in [0.5, 0.6) is 0 Å². The SMILES string of the molecule is CCN(CC1CCN(C(=O)[C@H]2NCCO[C@@H]2C)C1)CC(F)(F)F.Cl.Cl. The van der Waals surface area contributed by atoms with E-state index < -0.39 is 12.7 Å². The normalized spacial score (nSPS) is 27.0. The quantitative estimate of drug-likeness (QED) is 0.753. The molecule has 2 saturated heterocycles. The Hall–Kier alpha value is -0.280. The van der Waals surface area contributed by atoms with Crippen molar-refractivity contribution in [2.24, 2.45) is 5.92 Å². The Kier molecular flexibility index (Phi) is 10.6. The highest BCUT2D eigenvalue weighted by Crippen LogP contribution is 2.22. The molecule has 0 aromatic heterocycles. The number of morpholine rings is 1. The van der Waals surface area contributed by atoms with Gasteiger partial charge in [-0.25, -0.2) is 0 Å². The van der Waals surface area contributed by atoms with Crippen LogP contribution < -0.4 is 5.32 Å². The Labute approximate surface area is 159 Å². The monoisotopic (exact) mass is 409 g/mol. The van der Waals surface area contributed by atoms with Gasteiger partial charge in [0.25, 0.3) is 0 Å². The summed E-state index contributed by atoms with van der Waals surface area (Å²) >= 11 is 0. The maximum Gasteiger partial charge on any atom is 0.401 e.